The Hall–Kier alpha value is -1.27. The number of nitrogens with one attached hydrogen (secondary N) is 1. The fourth-order valence-electron chi connectivity index (χ4n) is 1.51. The molecule has 1 amide bonds. The molecule has 0 aliphatic rings. The Bertz CT molecular complexity index is 601. The second-order valence-corrected chi connectivity index (χ2v) is 5.38. The van der Waals surface area contributed by atoms with E-state index in [9.17, 15) is 4.79 Å². The van der Waals surface area contributed by atoms with Crippen molar-refractivity contribution >= 4 is 51.5 Å². The number of nitrogens with two attached hydrogens (primary N) is 1. The van der Waals surface area contributed by atoms with Gasteiger partial charge in [0.15, 0.2) is 0 Å². The molecule has 0 aromatic heterocycles. The zero-order valence-electron chi connectivity index (χ0n) is 9.28. The van der Waals surface area contributed by atoms with Crippen molar-refractivity contribution in [1.82, 2.24) is 0 Å². The number of halogens is 2. The summed E-state index contributed by atoms with van der Waals surface area (Å²) in [6.07, 6.45) is 0. The van der Waals surface area contributed by atoms with Crippen LogP contribution >= 0.6 is 34.2 Å². The number of hydrogen-bond acceptors (Lipinski definition) is 2. The number of hydrogen-bond donors (Lipinski definition) is 2. The molecule has 3 nitrogen and oxygen atoms in total. The molecule has 0 aliphatic carbocycles. The molecule has 92 valence electrons. The number of carbonyl (C=O) groups excluding carboxylic acids is 1. The van der Waals surface area contributed by atoms with Gasteiger partial charge in [-0.25, -0.2) is 0 Å². The average Bonchev–Trinajstić information content (AvgIpc) is 2.28. The van der Waals surface area contributed by atoms with Crippen LogP contribution in [-0.4, -0.2) is 5.91 Å². The molecule has 5 heteroatoms. The van der Waals surface area contributed by atoms with E-state index in [2.05, 4.69) is 27.9 Å². The first-order valence-electron chi connectivity index (χ1n) is 5.18. The lowest BCUT2D eigenvalue weighted by Gasteiger charge is -2.08. The van der Waals surface area contributed by atoms with Crippen LogP contribution in [-0.2, 0) is 0 Å². The van der Waals surface area contributed by atoms with Crippen LogP contribution in [0.25, 0.3) is 0 Å². The molecular formula is C13H10ClIN2O. The van der Waals surface area contributed by atoms with Gasteiger partial charge in [0.2, 0.25) is 0 Å². The fraction of sp³-hybridized carbons (Fsp3) is 0. The van der Waals surface area contributed by atoms with Crippen LogP contribution in [0.5, 0.6) is 0 Å². The van der Waals surface area contributed by atoms with Gasteiger partial charge in [0.25, 0.3) is 5.91 Å². The molecule has 0 unspecified atom stereocenters. The minimum Gasteiger partial charge on any atom is -0.398 e. The molecule has 18 heavy (non-hydrogen) atoms. The van der Waals surface area contributed by atoms with Crippen molar-refractivity contribution in [2.24, 2.45) is 0 Å². The van der Waals surface area contributed by atoms with E-state index in [0.717, 1.165) is 9.26 Å². The van der Waals surface area contributed by atoms with Gasteiger partial charge in [-0.15, -0.1) is 0 Å². The predicted molar refractivity (Wildman–Crippen MR) is 83.0 cm³/mol. The van der Waals surface area contributed by atoms with Crippen molar-refractivity contribution in [3.05, 3.63) is 56.6 Å². The average molecular weight is 373 g/mol. The topological polar surface area (TPSA) is 55.1 Å². The lowest BCUT2D eigenvalue weighted by atomic mass is 10.1. The monoisotopic (exact) mass is 372 g/mol. The summed E-state index contributed by atoms with van der Waals surface area (Å²) in [6.45, 7) is 0. The highest BCUT2D eigenvalue weighted by Gasteiger charge is 2.10. The summed E-state index contributed by atoms with van der Waals surface area (Å²) >= 11 is 7.97. The molecule has 0 saturated heterocycles. The second-order valence-electron chi connectivity index (χ2n) is 3.70. The maximum Gasteiger partial charge on any atom is 0.257 e. The zero-order chi connectivity index (χ0) is 13.1. The Morgan fingerprint density at radius 1 is 1.22 bits per heavy atom. The Morgan fingerprint density at radius 3 is 2.67 bits per heavy atom. The highest BCUT2D eigenvalue weighted by atomic mass is 127. The van der Waals surface area contributed by atoms with Gasteiger partial charge in [-0.05, 0) is 59.0 Å². The first kappa shape index (κ1) is 13.2. The van der Waals surface area contributed by atoms with E-state index in [1.165, 1.54) is 0 Å². The van der Waals surface area contributed by atoms with Gasteiger partial charge in [0, 0.05) is 20.0 Å². The van der Waals surface area contributed by atoms with Gasteiger partial charge in [-0.2, -0.15) is 0 Å². The van der Waals surface area contributed by atoms with Crippen LogP contribution in [0, 0.1) is 3.57 Å². The van der Waals surface area contributed by atoms with Crippen LogP contribution in [0.1, 0.15) is 10.4 Å². The van der Waals surface area contributed by atoms with E-state index in [-0.39, 0.29) is 5.91 Å². The molecule has 2 aromatic rings. The van der Waals surface area contributed by atoms with Crippen LogP contribution in [0.3, 0.4) is 0 Å². The van der Waals surface area contributed by atoms with Gasteiger partial charge in [-0.3, -0.25) is 4.79 Å². The van der Waals surface area contributed by atoms with Gasteiger partial charge in [0.1, 0.15) is 0 Å². The Morgan fingerprint density at radius 2 is 2.00 bits per heavy atom. The van der Waals surface area contributed by atoms with E-state index in [1.807, 2.05) is 24.3 Å². The summed E-state index contributed by atoms with van der Waals surface area (Å²) in [5, 5.41) is 3.30. The Labute approximate surface area is 123 Å². The SMILES string of the molecule is Nc1cc(Cl)ccc1C(=O)Nc1cccc(I)c1. The quantitative estimate of drug-likeness (QED) is 0.623. The molecule has 2 aromatic carbocycles. The first-order chi connectivity index (χ1) is 8.56. The lowest BCUT2D eigenvalue weighted by molar-refractivity contribution is 0.102. The van der Waals surface area contributed by atoms with Crippen LogP contribution < -0.4 is 11.1 Å². The van der Waals surface area contributed by atoms with Gasteiger partial charge in [0.05, 0.1) is 5.56 Å². The number of anilines is 2. The molecular weight excluding hydrogens is 363 g/mol. The van der Waals surface area contributed by atoms with Crippen molar-refractivity contribution < 1.29 is 4.79 Å². The van der Waals surface area contributed by atoms with E-state index in [0.29, 0.717) is 16.3 Å². The van der Waals surface area contributed by atoms with Crippen LogP contribution in [0.2, 0.25) is 5.02 Å². The van der Waals surface area contributed by atoms with Crippen LogP contribution in [0.15, 0.2) is 42.5 Å². The highest BCUT2D eigenvalue weighted by molar-refractivity contribution is 14.1. The van der Waals surface area contributed by atoms with Crippen molar-refractivity contribution in [2.75, 3.05) is 11.1 Å². The Balaban J connectivity index is 2.22. The fourth-order valence-corrected chi connectivity index (χ4v) is 2.23. The van der Waals surface area contributed by atoms with E-state index >= 15 is 0 Å². The maximum atomic E-state index is 12.0. The molecule has 0 radical (unpaired) electrons. The second kappa shape index (κ2) is 5.58. The molecule has 0 saturated carbocycles. The number of benzene rings is 2. The number of carbonyl (C=O) groups is 1. The van der Waals surface area contributed by atoms with E-state index in [4.69, 9.17) is 17.3 Å². The molecule has 0 fully saturated rings. The summed E-state index contributed by atoms with van der Waals surface area (Å²) in [7, 11) is 0. The predicted octanol–water partition coefficient (Wildman–Crippen LogP) is 3.78. The van der Waals surface area contributed by atoms with Gasteiger partial charge in [-0.1, -0.05) is 17.7 Å². The zero-order valence-corrected chi connectivity index (χ0v) is 12.2. The first-order valence-corrected chi connectivity index (χ1v) is 6.64. The third kappa shape index (κ3) is 3.14. The van der Waals surface area contributed by atoms with Crippen molar-refractivity contribution in [3.63, 3.8) is 0 Å². The molecule has 0 bridgehead atoms. The molecule has 2 rings (SSSR count). The summed E-state index contributed by atoms with van der Waals surface area (Å²) in [4.78, 5) is 12.0. The Kier molecular flexibility index (Phi) is 4.08. The number of rotatable bonds is 2. The largest absolute Gasteiger partial charge is 0.398 e. The lowest BCUT2D eigenvalue weighted by Crippen LogP contribution is -2.14. The minimum absolute atomic E-state index is 0.244. The summed E-state index contributed by atoms with van der Waals surface area (Å²) in [5.74, 6) is -0.244. The summed E-state index contributed by atoms with van der Waals surface area (Å²) < 4.78 is 1.05. The van der Waals surface area contributed by atoms with E-state index < -0.39 is 0 Å². The van der Waals surface area contributed by atoms with Crippen molar-refractivity contribution in [2.45, 2.75) is 0 Å². The van der Waals surface area contributed by atoms with Crippen molar-refractivity contribution in [3.8, 4) is 0 Å². The van der Waals surface area contributed by atoms with Gasteiger partial charge >= 0.3 is 0 Å². The highest BCUT2D eigenvalue weighted by Crippen LogP contribution is 2.20. The smallest absolute Gasteiger partial charge is 0.257 e. The minimum atomic E-state index is -0.244. The standard InChI is InChI=1S/C13H10ClIN2O/c14-8-4-5-11(12(16)6-8)13(18)17-10-3-1-2-9(15)7-10/h1-7H,16H2,(H,17,18). The summed E-state index contributed by atoms with van der Waals surface area (Å²) in [6, 6.07) is 12.3. The van der Waals surface area contributed by atoms with Crippen LogP contribution in [0.4, 0.5) is 11.4 Å². The maximum absolute atomic E-state index is 12.0. The third-order valence-electron chi connectivity index (χ3n) is 2.34. The van der Waals surface area contributed by atoms with Gasteiger partial charge < -0.3 is 11.1 Å². The summed E-state index contributed by atoms with van der Waals surface area (Å²) in [5.41, 5.74) is 7.28. The molecule has 0 atom stereocenters. The normalized spacial score (nSPS) is 10.1. The molecule has 0 aliphatic heterocycles. The number of nitrogen functional groups attached to an aromatic ring is 1. The number of amides is 1. The van der Waals surface area contributed by atoms with E-state index in [1.54, 1.807) is 18.2 Å². The third-order valence-corrected chi connectivity index (χ3v) is 3.25. The molecule has 0 heterocycles. The molecule has 0 spiro atoms. The van der Waals surface area contributed by atoms with Crippen molar-refractivity contribution in [1.29, 1.82) is 0 Å². The molecule has 3 N–H and O–H groups in total.